The van der Waals surface area contributed by atoms with Crippen LogP contribution in [0.4, 0.5) is 0 Å². The third-order valence-corrected chi connectivity index (χ3v) is 3.22. The van der Waals surface area contributed by atoms with Gasteiger partial charge in [-0.15, -0.1) is 6.58 Å². The Balaban J connectivity index is 2.21. The second-order valence-electron chi connectivity index (χ2n) is 3.78. The SMILES string of the molecule is C=C[C@@]1(O)C[C@H]2CC[C@@H]1C2. The Morgan fingerprint density at radius 1 is 1.50 bits per heavy atom. The molecule has 0 amide bonds. The quantitative estimate of drug-likeness (QED) is 0.547. The molecule has 1 N–H and O–H groups in total. The summed E-state index contributed by atoms with van der Waals surface area (Å²) in [5, 5.41) is 9.87. The van der Waals surface area contributed by atoms with Crippen molar-refractivity contribution in [2.75, 3.05) is 0 Å². The zero-order chi connectivity index (χ0) is 7.19. The average Bonchev–Trinajstić information content (AvgIpc) is 2.46. The van der Waals surface area contributed by atoms with Crippen LogP contribution in [-0.2, 0) is 0 Å². The topological polar surface area (TPSA) is 20.2 Å². The molecule has 0 heterocycles. The van der Waals surface area contributed by atoms with E-state index < -0.39 is 5.60 Å². The van der Waals surface area contributed by atoms with Crippen LogP contribution >= 0.6 is 0 Å². The van der Waals surface area contributed by atoms with E-state index in [1.54, 1.807) is 6.08 Å². The van der Waals surface area contributed by atoms with Gasteiger partial charge in [0.2, 0.25) is 0 Å². The van der Waals surface area contributed by atoms with Gasteiger partial charge in [0.25, 0.3) is 0 Å². The molecule has 2 fully saturated rings. The van der Waals surface area contributed by atoms with E-state index in [-0.39, 0.29) is 0 Å². The predicted molar refractivity (Wildman–Crippen MR) is 40.6 cm³/mol. The Bertz CT molecular complexity index is 164. The van der Waals surface area contributed by atoms with E-state index in [0.717, 1.165) is 12.3 Å². The van der Waals surface area contributed by atoms with Crippen LogP contribution in [0.1, 0.15) is 25.7 Å². The molecule has 0 saturated heterocycles. The van der Waals surface area contributed by atoms with Crippen LogP contribution in [0, 0.1) is 11.8 Å². The van der Waals surface area contributed by atoms with E-state index in [1.807, 2.05) is 0 Å². The molecule has 2 bridgehead atoms. The number of rotatable bonds is 1. The van der Waals surface area contributed by atoms with E-state index in [2.05, 4.69) is 6.58 Å². The van der Waals surface area contributed by atoms with Gasteiger partial charge in [-0.1, -0.05) is 6.08 Å². The van der Waals surface area contributed by atoms with Gasteiger partial charge in [0.1, 0.15) is 0 Å². The van der Waals surface area contributed by atoms with Gasteiger partial charge >= 0.3 is 0 Å². The summed E-state index contributed by atoms with van der Waals surface area (Å²) in [5.41, 5.74) is -0.483. The first-order chi connectivity index (χ1) is 4.74. The Labute approximate surface area is 61.8 Å². The molecule has 3 atom stereocenters. The molecular formula is C9H14O. The summed E-state index contributed by atoms with van der Waals surface area (Å²) >= 11 is 0. The molecule has 0 radical (unpaired) electrons. The third-order valence-electron chi connectivity index (χ3n) is 3.22. The van der Waals surface area contributed by atoms with Crippen molar-refractivity contribution in [3.05, 3.63) is 12.7 Å². The summed E-state index contributed by atoms with van der Waals surface area (Å²) in [6.45, 7) is 3.68. The van der Waals surface area contributed by atoms with Crippen LogP contribution in [0.25, 0.3) is 0 Å². The van der Waals surface area contributed by atoms with Crippen LogP contribution < -0.4 is 0 Å². The zero-order valence-corrected chi connectivity index (χ0v) is 6.21. The summed E-state index contributed by atoms with van der Waals surface area (Å²) in [7, 11) is 0. The van der Waals surface area contributed by atoms with E-state index in [9.17, 15) is 5.11 Å². The molecule has 56 valence electrons. The maximum atomic E-state index is 9.87. The molecule has 0 unspecified atom stereocenters. The highest BCUT2D eigenvalue weighted by Gasteiger charge is 2.47. The minimum atomic E-state index is -0.483. The first-order valence-electron chi connectivity index (χ1n) is 4.10. The minimum absolute atomic E-state index is 0.483. The highest BCUT2D eigenvalue weighted by Crippen LogP contribution is 2.51. The summed E-state index contributed by atoms with van der Waals surface area (Å²) in [5.74, 6) is 1.34. The van der Waals surface area contributed by atoms with Crippen LogP contribution in [0.3, 0.4) is 0 Å². The second-order valence-corrected chi connectivity index (χ2v) is 3.78. The molecule has 10 heavy (non-hydrogen) atoms. The van der Waals surface area contributed by atoms with Crippen molar-refractivity contribution >= 4 is 0 Å². The average molecular weight is 138 g/mol. The lowest BCUT2D eigenvalue weighted by atomic mass is 9.84. The molecule has 1 heteroatoms. The monoisotopic (exact) mass is 138 g/mol. The van der Waals surface area contributed by atoms with Gasteiger partial charge < -0.3 is 5.11 Å². The van der Waals surface area contributed by atoms with Crippen LogP contribution in [0.5, 0.6) is 0 Å². The zero-order valence-electron chi connectivity index (χ0n) is 6.21. The largest absolute Gasteiger partial charge is 0.386 e. The Morgan fingerprint density at radius 2 is 2.30 bits per heavy atom. The van der Waals surface area contributed by atoms with Crippen molar-refractivity contribution < 1.29 is 5.11 Å². The van der Waals surface area contributed by atoms with Crippen molar-refractivity contribution in [3.63, 3.8) is 0 Å². The van der Waals surface area contributed by atoms with Crippen molar-refractivity contribution in [3.8, 4) is 0 Å². The first-order valence-corrected chi connectivity index (χ1v) is 4.10. The predicted octanol–water partition coefficient (Wildman–Crippen LogP) is 1.72. The van der Waals surface area contributed by atoms with Gasteiger partial charge in [0.05, 0.1) is 5.60 Å². The van der Waals surface area contributed by atoms with Gasteiger partial charge in [-0.25, -0.2) is 0 Å². The normalized spacial score (nSPS) is 51.7. The van der Waals surface area contributed by atoms with Crippen molar-refractivity contribution in [2.45, 2.75) is 31.3 Å². The molecule has 2 rings (SSSR count). The fourth-order valence-corrected chi connectivity index (χ4v) is 2.59. The Kier molecular flexibility index (Phi) is 1.19. The summed E-state index contributed by atoms with van der Waals surface area (Å²) in [4.78, 5) is 0. The lowest BCUT2D eigenvalue weighted by Gasteiger charge is -2.28. The fourth-order valence-electron chi connectivity index (χ4n) is 2.59. The minimum Gasteiger partial charge on any atom is -0.386 e. The molecule has 1 nitrogen and oxygen atoms in total. The second kappa shape index (κ2) is 1.85. The van der Waals surface area contributed by atoms with E-state index >= 15 is 0 Å². The van der Waals surface area contributed by atoms with E-state index in [4.69, 9.17) is 0 Å². The van der Waals surface area contributed by atoms with Gasteiger partial charge in [-0.3, -0.25) is 0 Å². The summed E-state index contributed by atoms with van der Waals surface area (Å²) in [6.07, 6.45) is 6.51. The highest BCUT2D eigenvalue weighted by molar-refractivity contribution is 5.09. The lowest BCUT2D eigenvalue weighted by Crippen LogP contribution is -2.32. The maximum absolute atomic E-state index is 9.87. The number of aliphatic hydroxyl groups is 1. The standard InChI is InChI=1S/C9H14O/c1-2-9(10)6-7-3-4-8(9)5-7/h2,7-8,10H,1,3-6H2/t7-,8+,9+/m0/s1. The van der Waals surface area contributed by atoms with Crippen molar-refractivity contribution in [2.24, 2.45) is 11.8 Å². The molecule has 0 spiro atoms. The van der Waals surface area contributed by atoms with Crippen molar-refractivity contribution in [1.29, 1.82) is 0 Å². The van der Waals surface area contributed by atoms with Crippen molar-refractivity contribution in [1.82, 2.24) is 0 Å². The molecule has 2 aliphatic carbocycles. The Morgan fingerprint density at radius 3 is 2.60 bits per heavy atom. The van der Waals surface area contributed by atoms with Gasteiger partial charge in [0, 0.05) is 0 Å². The highest BCUT2D eigenvalue weighted by atomic mass is 16.3. The summed E-state index contributed by atoms with van der Waals surface area (Å²) in [6, 6.07) is 0. The molecular weight excluding hydrogens is 124 g/mol. The molecule has 0 aromatic rings. The Hall–Kier alpha value is -0.300. The van der Waals surface area contributed by atoms with E-state index in [0.29, 0.717) is 5.92 Å². The maximum Gasteiger partial charge on any atom is 0.0855 e. The van der Waals surface area contributed by atoms with Gasteiger partial charge in [-0.2, -0.15) is 0 Å². The fraction of sp³-hybridized carbons (Fsp3) is 0.778. The lowest BCUT2D eigenvalue weighted by molar-refractivity contribution is 0.0344. The molecule has 0 aliphatic heterocycles. The number of hydrogen-bond donors (Lipinski definition) is 1. The third kappa shape index (κ3) is 0.671. The number of hydrogen-bond acceptors (Lipinski definition) is 1. The van der Waals surface area contributed by atoms with Crippen LogP contribution in [0.2, 0.25) is 0 Å². The molecule has 0 aromatic heterocycles. The number of fused-ring (bicyclic) bond motifs is 2. The van der Waals surface area contributed by atoms with Crippen LogP contribution in [0.15, 0.2) is 12.7 Å². The van der Waals surface area contributed by atoms with Gasteiger partial charge in [0.15, 0.2) is 0 Å². The van der Waals surface area contributed by atoms with Crippen LogP contribution in [-0.4, -0.2) is 10.7 Å². The van der Waals surface area contributed by atoms with E-state index in [1.165, 1.54) is 19.3 Å². The molecule has 2 saturated carbocycles. The molecule has 0 aromatic carbocycles. The van der Waals surface area contributed by atoms with Gasteiger partial charge in [-0.05, 0) is 37.5 Å². The smallest absolute Gasteiger partial charge is 0.0855 e. The first kappa shape index (κ1) is 6.41. The summed E-state index contributed by atoms with van der Waals surface area (Å²) < 4.78 is 0. The molecule has 2 aliphatic rings.